The molecule has 2 rings (SSSR count). The molecule has 0 amide bonds. The number of piperidine rings is 1. The van der Waals surface area contributed by atoms with Crippen molar-refractivity contribution in [2.24, 2.45) is 5.92 Å². The highest BCUT2D eigenvalue weighted by atomic mass is 16.4. The van der Waals surface area contributed by atoms with Gasteiger partial charge in [0.2, 0.25) is 0 Å². The van der Waals surface area contributed by atoms with Crippen LogP contribution in [0.3, 0.4) is 0 Å². The first-order valence-electron chi connectivity index (χ1n) is 8.45. The van der Waals surface area contributed by atoms with Gasteiger partial charge in [0, 0.05) is 45.3 Å². The van der Waals surface area contributed by atoms with Crippen molar-refractivity contribution in [3.05, 3.63) is 0 Å². The van der Waals surface area contributed by atoms with E-state index in [1.807, 2.05) is 0 Å². The second-order valence-electron chi connectivity index (χ2n) is 6.95. The quantitative estimate of drug-likeness (QED) is 0.798. The Labute approximate surface area is 128 Å². The van der Waals surface area contributed by atoms with Gasteiger partial charge in [-0.1, -0.05) is 13.8 Å². The van der Waals surface area contributed by atoms with E-state index in [1.165, 1.54) is 32.5 Å². The molecule has 2 saturated heterocycles. The second kappa shape index (κ2) is 8.11. The summed E-state index contributed by atoms with van der Waals surface area (Å²) in [5.41, 5.74) is 0. The summed E-state index contributed by atoms with van der Waals surface area (Å²) in [5.74, 6) is 0.0780. The van der Waals surface area contributed by atoms with Crippen LogP contribution in [-0.4, -0.2) is 84.2 Å². The van der Waals surface area contributed by atoms with E-state index < -0.39 is 5.97 Å². The number of carboxylic acids is 1. The molecule has 122 valence electrons. The monoisotopic (exact) mass is 297 g/mol. The van der Waals surface area contributed by atoms with E-state index in [-0.39, 0.29) is 6.42 Å². The van der Waals surface area contributed by atoms with Crippen molar-refractivity contribution in [1.82, 2.24) is 14.7 Å². The Morgan fingerprint density at radius 2 is 1.67 bits per heavy atom. The number of hydrogen-bond donors (Lipinski definition) is 1. The lowest BCUT2D eigenvalue weighted by Gasteiger charge is -2.43. The minimum Gasteiger partial charge on any atom is -0.481 e. The number of carbonyl (C=O) groups is 1. The lowest BCUT2D eigenvalue weighted by molar-refractivity contribution is -0.137. The van der Waals surface area contributed by atoms with Crippen molar-refractivity contribution in [2.45, 2.75) is 39.2 Å². The fourth-order valence-corrected chi connectivity index (χ4v) is 3.59. The van der Waals surface area contributed by atoms with E-state index in [1.54, 1.807) is 0 Å². The maximum absolute atomic E-state index is 10.6. The summed E-state index contributed by atoms with van der Waals surface area (Å²) in [7, 11) is 0. The van der Waals surface area contributed by atoms with E-state index in [9.17, 15) is 4.79 Å². The third kappa shape index (κ3) is 5.57. The van der Waals surface area contributed by atoms with Crippen LogP contribution in [0.5, 0.6) is 0 Å². The van der Waals surface area contributed by atoms with E-state index in [4.69, 9.17) is 5.11 Å². The highest BCUT2D eigenvalue weighted by Crippen LogP contribution is 2.19. The van der Waals surface area contributed by atoms with Crippen molar-refractivity contribution in [3.63, 3.8) is 0 Å². The highest BCUT2D eigenvalue weighted by molar-refractivity contribution is 5.66. The molecule has 0 aromatic rings. The summed E-state index contributed by atoms with van der Waals surface area (Å²) < 4.78 is 0. The molecule has 1 N–H and O–H groups in total. The number of likely N-dealkylation sites (tertiary alicyclic amines) is 1. The van der Waals surface area contributed by atoms with Gasteiger partial charge in [0.1, 0.15) is 0 Å². The summed E-state index contributed by atoms with van der Waals surface area (Å²) in [5, 5.41) is 8.75. The van der Waals surface area contributed by atoms with Gasteiger partial charge >= 0.3 is 5.97 Å². The Balaban J connectivity index is 1.65. The molecule has 0 spiro atoms. The molecule has 2 fully saturated rings. The zero-order valence-corrected chi connectivity index (χ0v) is 13.6. The molecule has 5 heteroatoms. The highest BCUT2D eigenvalue weighted by Gasteiger charge is 2.27. The molecule has 0 aliphatic carbocycles. The lowest BCUT2D eigenvalue weighted by atomic mass is 10.0. The number of hydrogen-bond acceptors (Lipinski definition) is 4. The predicted molar refractivity (Wildman–Crippen MR) is 84.6 cm³/mol. The number of carboxylic acid groups (broad SMARTS) is 1. The molecule has 2 aliphatic heterocycles. The van der Waals surface area contributed by atoms with Gasteiger partial charge in [0.25, 0.3) is 0 Å². The molecule has 0 aromatic heterocycles. The van der Waals surface area contributed by atoms with E-state index in [2.05, 4.69) is 28.5 Å². The van der Waals surface area contributed by atoms with Crippen molar-refractivity contribution in [2.75, 3.05) is 52.4 Å². The molecule has 0 aromatic carbocycles. The fraction of sp³-hybridized carbons (Fsp3) is 0.938. The molecule has 0 radical (unpaired) electrons. The van der Waals surface area contributed by atoms with Crippen LogP contribution >= 0.6 is 0 Å². The first-order valence-corrected chi connectivity index (χ1v) is 8.45. The Kier molecular flexibility index (Phi) is 6.45. The van der Waals surface area contributed by atoms with Gasteiger partial charge in [-0.2, -0.15) is 0 Å². The van der Waals surface area contributed by atoms with Gasteiger partial charge in [-0.05, 0) is 31.8 Å². The van der Waals surface area contributed by atoms with Gasteiger partial charge in [-0.15, -0.1) is 0 Å². The molecule has 0 unspecified atom stereocenters. The molecule has 2 aliphatic rings. The van der Waals surface area contributed by atoms with Gasteiger partial charge < -0.3 is 14.9 Å². The molecule has 21 heavy (non-hydrogen) atoms. The standard InChI is InChI=1S/C16H31N3O2/c1-14(2)13-18-6-3-15(4-7-18)19-11-9-17(10-12-19)8-5-16(20)21/h14-15H,3-13H2,1-2H3,(H,20,21). The normalized spacial score (nSPS) is 23.8. The lowest BCUT2D eigenvalue weighted by Crippen LogP contribution is -2.53. The van der Waals surface area contributed by atoms with Crippen molar-refractivity contribution < 1.29 is 9.90 Å². The SMILES string of the molecule is CC(C)CN1CCC(N2CCN(CCC(=O)O)CC2)CC1. The summed E-state index contributed by atoms with van der Waals surface area (Å²) >= 11 is 0. The zero-order valence-electron chi connectivity index (χ0n) is 13.6. The Morgan fingerprint density at radius 1 is 1.05 bits per heavy atom. The molecular weight excluding hydrogens is 266 g/mol. The average molecular weight is 297 g/mol. The third-order valence-electron chi connectivity index (χ3n) is 4.75. The van der Waals surface area contributed by atoms with Crippen LogP contribution in [0, 0.1) is 5.92 Å². The van der Waals surface area contributed by atoms with Crippen LogP contribution in [0.25, 0.3) is 0 Å². The summed E-state index contributed by atoms with van der Waals surface area (Å²) in [4.78, 5) is 18.1. The van der Waals surface area contributed by atoms with Crippen molar-refractivity contribution >= 4 is 5.97 Å². The van der Waals surface area contributed by atoms with Crippen molar-refractivity contribution in [3.8, 4) is 0 Å². The molecule has 0 bridgehead atoms. The largest absolute Gasteiger partial charge is 0.481 e. The summed E-state index contributed by atoms with van der Waals surface area (Å²) in [6.45, 7) is 13.3. The van der Waals surface area contributed by atoms with Crippen LogP contribution in [0.1, 0.15) is 33.1 Å². The minimum atomic E-state index is -0.685. The summed E-state index contributed by atoms with van der Waals surface area (Å²) in [6.07, 6.45) is 2.86. The predicted octanol–water partition coefficient (Wildman–Crippen LogP) is 1.20. The topological polar surface area (TPSA) is 47.0 Å². The van der Waals surface area contributed by atoms with Gasteiger partial charge in [-0.3, -0.25) is 9.69 Å². The fourth-order valence-electron chi connectivity index (χ4n) is 3.59. The van der Waals surface area contributed by atoms with E-state index >= 15 is 0 Å². The molecular formula is C16H31N3O2. The second-order valence-corrected chi connectivity index (χ2v) is 6.95. The van der Waals surface area contributed by atoms with Crippen LogP contribution in [0.2, 0.25) is 0 Å². The summed E-state index contributed by atoms with van der Waals surface area (Å²) in [6, 6.07) is 0.745. The van der Waals surface area contributed by atoms with Crippen molar-refractivity contribution in [1.29, 1.82) is 0 Å². The smallest absolute Gasteiger partial charge is 0.304 e. The number of rotatable bonds is 6. The van der Waals surface area contributed by atoms with Crippen LogP contribution in [0.4, 0.5) is 0 Å². The molecule has 0 saturated carbocycles. The molecule has 2 heterocycles. The Morgan fingerprint density at radius 3 is 2.19 bits per heavy atom. The number of piperazine rings is 1. The number of nitrogens with zero attached hydrogens (tertiary/aromatic N) is 3. The molecule has 0 atom stereocenters. The van der Waals surface area contributed by atoms with E-state index in [0.29, 0.717) is 6.54 Å². The molecule has 5 nitrogen and oxygen atoms in total. The van der Waals surface area contributed by atoms with Crippen LogP contribution < -0.4 is 0 Å². The minimum absolute atomic E-state index is 0.271. The Hall–Kier alpha value is -0.650. The van der Waals surface area contributed by atoms with Gasteiger partial charge in [0.05, 0.1) is 6.42 Å². The van der Waals surface area contributed by atoms with Gasteiger partial charge in [0.15, 0.2) is 0 Å². The zero-order chi connectivity index (χ0) is 15.2. The maximum Gasteiger partial charge on any atom is 0.304 e. The first-order chi connectivity index (χ1) is 10.0. The average Bonchev–Trinajstić information content (AvgIpc) is 2.46. The Bertz CT molecular complexity index is 319. The van der Waals surface area contributed by atoms with Crippen LogP contribution in [0.15, 0.2) is 0 Å². The van der Waals surface area contributed by atoms with Gasteiger partial charge in [-0.25, -0.2) is 0 Å². The van der Waals surface area contributed by atoms with E-state index in [0.717, 1.165) is 38.1 Å². The number of aliphatic carboxylic acids is 1. The maximum atomic E-state index is 10.6. The van der Waals surface area contributed by atoms with Crippen LogP contribution in [-0.2, 0) is 4.79 Å². The third-order valence-corrected chi connectivity index (χ3v) is 4.75. The first kappa shape index (κ1) is 16.7.